The van der Waals surface area contributed by atoms with Gasteiger partial charge >= 0.3 is 6.36 Å². The molecule has 0 saturated carbocycles. The summed E-state index contributed by atoms with van der Waals surface area (Å²) in [5.74, 6) is -0.822. The number of pyridine rings is 1. The first-order valence-electron chi connectivity index (χ1n) is 9.39. The maximum Gasteiger partial charge on any atom is 0.573 e. The van der Waals surface area contributed by atoms with E-state index in [1.54, 1.807) is 10.6 Å². The summed E-state index contributed by atoms with van der Waals surface area (Å²) in [5, 5.41) is 1.22. The number of ketones is 1. The van der Waals surface area contributed by atoms with Crippen molar-refractivity contribution in [3.05, 3.63) is 95.4 Å². The second kappa shape index (κ2) is 8.43. The molecule has 0 aliphatic heterocycles. The average molecular weight is 446 g/mol. The molecule has 0 aliphatic rings. The largest absolute Gasteiger partial charge is 0.573 e. The first-order valence-corrected chi connectivity index (χ1v) is 9.77. The van der Waals surface area contributed by atoms with Gasteiger partial charge in [-0.1, -0.05) is 54.1 Å². The fraction of sp³-hybridized carbons (Fsp3) is 0.130. The van der Waals surface area contributed by atoms with Gasteiger partial charge in [0.15, 0.2) is 24.7 Å². The zero-order valence-electron chi connectivity index (χ0n) is 16.1. The van der Waals surface area contributed by atoms with E-state index >= 15 is 0 Å². The summed E-state index contributed by atoms with van der Waals surface area (Å²) < 4.78 is 44.9. The number of Topliss-reactive ketones (excluding diaryl/α,β-unsaturated/α-hetero) is 1. The van der Waals surface area contributed by atoms with Crippen LogP contribution < -0.4 is 9.30 Å². The van der Waals surface area contributed by atoms with Crippen molar-refractivity contribution in [3.8, 4) is 5.75 Å². The number of rotatable bonds is 6. The predicted octanol–water partition coefficient (Wildman–Crippen LogP) is 5.41. The molecular formula is C23H17ClF3N2O2+. The van der Waals surface area contributed by atoms with E-state index in [1.165, 1.54) is 12.1 Å². The lowest BCUT2D eigenvalue weighted by Gasteiger charge is -2.10. The Labute approximate surface area is 181 Å². The number of alkyl halides is 3. The fourth-order valence-electron chi connectivity index (χ4n) is 3.38. The summed E-state index contributed by atoms with van der Waals surface area (Å²) in [5.41, 5.74) is 2.01. The van der Waals surface area contributed by atoms with Crippen LogP contribution in [0.1, 0.15) is 15.9 Å². The SMILES string of the molecule is O=C(Cn1c(Cl)cc2c[n+](Cc3ccccc3)ccc21)c1cccc(OC(F)(F)F)c1. The van der Waals surface area contributed by atoms with Gasteiger partial charge in [0, 0.05) is 17.2 Å². The van der Waals surface area contributed by atoms with Crippen molar-refractivity contribution in [2.45, 2.75) is 19.5 Å². The molecule has 0 fully saturated rings. The lowest BCUT2D eigenvalue weighted by atomic mass is 10.1. The maximum atomic E-state index is 12.7. The van der Waals surface area contributed by atoms with Gasteiger partial charge in [-0.3, -0.25) is 4.79 Å². The van der Waals surface area contributed by atoms with E-state index in [0.29, 0.717) is 11.7 Å². The number of benzene rings is 2. The van der Waals surface area contributed by atoms with Gasteiger partial charge in [0.1, 0.15) is 10.9 Å². The van der Waals surface area contributed by atoms with Crippen molar-refractivity contribution in [2.75, 3.05) is 0 Å². The zero-order chi connectivity index (χ0) is 22.0. The number of fused-ring (bicyclic) bond motifs is 1. The number of nitrogens with zero attached hydrogens (tertiary/aromatic N) is 2. The van der Waals surface area contributed by atoms with E-state index in [1.807, 2.05) is 53.4 Å². The zero-order valence-corrected chi connectivity index (χ0v) is 16.9. The number of hydrogen-bond donors (Lipinski definition) is 0. The van der Waals surface area contributed by atoms with Gasteiger partial charge in [0.2, 0.25) is 0 Å². The van der Waals surface area contributed by atoms with Gasteiger partial charge in [0.05, 0.1) is 17.4 Å². The van der Waals surface area contributed by atoms with E-state index in [9.17, 15) is 18.0 Å². The lowest BCUT2D eigenvalue weighted by molar-refractivity contribution is -0.687. The summed E-state index contributed by atoms with van der Waals surface area (Å²) in [6, 6.07) is 18.6. The molecule has 2 aromatic heterocycles. The number of halogens is 4. The fourth-order valence-corrected chi connectivity index (χ4v) is 3.65. The van der Waals surface area contributed by atoms with Crippen LogP contribution in [0.4, 0.5) is 13.2 Å². The molecule has 158 valence electrons. The highest BCUT2D eigenvalue weighted by Gasteiger charge is 2.31. The lowest BCUT2D eigenvalue weighted by Crippen LogP contribution is -2.33. The quantitative estimate of drug-likeness (QED) is 0.294. The van der Waals surface area contributed by atoms with Crippen LogP contribution in [-0.4, -0.2) is 16.7 Å². The minimum Gasteiger partial charge on any atom is -0.406 e. The number of carbonyl (C=O) groups is 1. The molecule has 0 radical (unpaired) electrons. The molecule has 4 nitrogen and oxygen atoms in total. The first kappa shape index (κ1) is 20.9. The summed E-state index contributed by atoms with van der Waals surface area (Å²) in [6.45, 7) is 0.574. The Morgan fingerprint density at radius 1 is 1.03 bits per heavy atom. The van der Waals surface area contributed by atoms with E-state index in [4.69, 9.17) is 11.6 Å². The Kier molecular flexibility index (Phi) is 5.69. The summed E-state index contributed by atoms with van der Waals surface area (Å²) >= 11 is 6.36. The van der Waals surface area contributed by atoms with Crippen LogP contribution in [-0.2, 0) is 13.1 Å². The van der Waals surface area contributed by atoms with Crippen molar-refractivity contribution >= 4 is 28.3 Å². The molecule has 0 aliphatic carbocycles. The van der Waals surface area contributed by atoms with Gasteiger partial charge in [0.25, 0.3) is 0 Å². The van der Waals surface area contributed by atoms with E-state index < -0.39 is 12.1 Å². The highest BCUT2D eigenvalue weighted by Crippen LogP contribution is 2.26. The molecule has 0 spiro atoms. The van der Waals surface area contributed by atoms with Crippen molar-refractivity contribution in [1.82, 2.24) is 4.57 Å². The molecule has 0 atom stereocenters. The van der Waals surface area contributed by atoms with Crippen molar-refractivity contribution in [1.29, 1.82) is 0 Å². The van der Waals surface area contributed by atoms with Crippen LogP contribution >= 0.6 is 11.6 Å². The summed E-state index contributed by atoms with van der Waals surface area (Å²) in [6.07, 6.45) is -0.992. The molecule has 0 unspecified atom stereocenters. The Bertz CT molecular complexity index is 1240. The molecular weight excluding hydrogens is 429 g/mol. The topological polar surface area (TPSA) is 35.1 Å². The van der Waals surface area contributed by atoms with Gasteiger partial charge in [-0.05, 0) is 18.2 Å². The minimum atomic E-state index is -4.82. The van der Waals surface area contributed by atoms with Gasteiger partial charge < -0.3 is 9.30 Å². The van der Waals surface area contributed by atoms with Gasteiger partial charge in [-0.2, -0.15) is 0 Å². The smallest absolute Gasteiger partial charge is 0.406 e. The first-order chi connectivity index (χ1) is 14.8. The third-order valence-corrected chi connectivity index (χ3v) is 5.06. The Morgan fingerprint density at radius 2 is 1.81 bits per heavy atom. The van der Waals surface area contributed by atoms with Crippen LogP contribution in [0.3, 0.4) is 0 Å². The third-order valence-electron chi connectivity index (χ3n) is 4.75. The van der Waals surface area contributed by atoms with Crippen molar-refractivity contribution < 1.29 is 27.3 Å². The molecule has 8 heteroatoms. The average Bonchev–Trinajstić information content (AvgIpc) is 3.02. The monoisotopic (exact) mass is 445 g/mol. The Morgan fingerprint density at radius 3 is 2.55 bits per heavy atom. The number of aromatic nitrogens is 2. The molecule has 4 aromatic rings. The molecule has 2 aromatic carbocycles. The number of hydrogen-bond acceptors (Lipinski definition) is 2. The summed E-state index contributed by atoms with van der Waals surface area (Å²) in [4.78, 5) is 12.7. The maximum absolute atomic E-state index is 12.7. The molecule has 0 N–H and O–H groups in total. The predicted molar refractivity (Wildman–Crippen MR) is 110 cm³/mol. The van der Waals surface area contributed by atoms with Gasteiger partial charge in [-0.25, -0.2) is 4.57 Å². The Hall–Kier alpha value is -3.32. The molecule has 2 heterocycles. The molecule has 31 heavy (non-hydrogen) atoms. The second-order valence-corrected chi connectivity index (χ2v) is 7.38. The molecule has 0 bridgehead atoms. The van der Waals surface area contributed by atoms with Crippen LogP contribution in [0.2, 0.25) is 5.15 Å². The van der Waals surface area contributed by atoms with Crippen molar-refractivity contribution in [2.24, 2.45) is 0 Å². The second-order valence-electron chi connectivity index (χ2n) is 7.00. The molecule has 4 rings (SSSR count). The van der Waals surface area contributed by atoms with E-state index in [2.05, 4.69) is 4.74 Å². The Balaban J connectivity index is 1.56. The van der Waals surface area contributed by atoms with E-state index in [-0.39, 0.29) is 17.9 Å². The highest BCUT2D eigenvalue weighted by atomic mass is 35.5. The third kappa shape index (κ3) is 5.06. The molecule has 0 amide bonds. The summed E-state index contributed by atoms with van der Waals surface area (Å²) in [7, 11) is 0. The molecule has 0 saturated heterocycles. The van der Waals surface area contributed by atoms with Crippen molar-refractivity contribution in [3.63, 3.8) is 0 Å². The number of carbonyl (C=O) groups excluding carboxylic acids is 1. The van der Waals surface area contributed by atoms with Crippen LogP contribution in [0, 0.1) is 0 Å². The normalized spacial score (nSPS) is 11.6. The van der Waals surface area contributed by atoms with E-state index in [0.717, 1.165) is 28.6 Å². The van der Waals surface area contributed by atoms with Crippen LogP contribution in [0.5, 0.6) is 5.75 Å². The standard InChI is InChI=1S/C23H17ClF3N2O2/c24-22-12-18-14-28(13-16-5-2-1-3-6-16)10-9-20(18)29(22)15-21(30)17-7-4-8-19(11-17)31-23(25,26)27/h1-12,14H,13,15H2/q+1. The van der Waals surface area contributed by atoms with Crippen LogP contribution in [0.25, 0.3) is 10.9 Å². The van der Waals surface area contributed by atoms with Gasteiger partial charge in [-0.15, -0.1) is 13.2 Å². The highest BCUT2D eigenvalue weighted by molar-refractivity contribution is 6.31. The minimum absolute atomic E-state index is 0.106. The number of ether oxygens (including phenoxy) is 1. The van der Waals surface area contributed by atoms with Crippen LogP contribution in [0.15, 0.2) is 79.1 Å².